The summed E-state index contributed by atoms with van der Waals surface area (Å²) in [5.74, 6) is 0.0352. The van der Waals surface area contributed by atoms with Crippen LogP contribution in [0.1, 0.15) is 252 Å². The van der Waals surface area contributed by atoms with E-state index >= 15 is 0 Å². The van der Waals surface area contributed by atoms with Gasteiger partial charge in [-0.2, -0.15) is 0 Å². The summed E-state index contributed by atoms with van der Waals surface area (Å²) in [6.45, 7) is 11.1. The summed E-state index contributed by atoms with van der Waals surface area (Å²) in [7, 11) is 0. The van der Waals surface area contributed by atoms with Crippen LogP contribution in [0.2, 0.25) is 0 Å². The van der Waals surface area contributed by atoms with Crippen molar-refractivity contribution < 1.29 is 19.1 Å². The van der Waals surface area contributed by atoms with Gasteiger partial charge in [0.1, 0.15) is 6.10 Å². The summed E-state index contributed by atoms with van der Waals surface area (Å²) in [5, 5.41) is 3.62. The van der Waals surface area contributed by atoms with Crippen LogP contribution in [-0.2, 0) is 19.1 Å². The average molecular weight is 708 g/mol. The molecule has 0 saturated heterocycles. The van der Waals surface area contributed by atoms with Gasteiger partial charge in [0.05, 0.1) is 6.10 Å². The minimum Gasteiger partial charge on any atom is -0.463 e. The van der Waals surface area contributed by atoms with Crippen LogP contribution >= 0.6 is 0 Å². The topological polar surface area (TPSA) is 64.6 Å². The summed E-state index contributed by atoms with van der Waals surface area (Å²) in [4.78, 5) is 24.7. The zero-order valence-corrected chi connectivity index (χ0v) is 34.5. The highest BCUT2D eigenvalue weighted by Gasteiger charge is 2.14. The van der Waals surface area contributed by atoms with Gasteiger partial charge < -0.3 is 14.8 Å². The predicted molar refractivity (Wildman–Crippen MR) is 217 cm³/mol. The number of nitrogens with one attached hydrogen (secondary N) is 1. The third kappa shape index (κ3) is 38.1. The van der Waals surface area contributed by atoms with Crippen LogP contribution in [-0.4, -0.2) is 37.2 Å². The number of carbonyl (C=O) groups excluding carboxylic acids is 2. The monoisotopic (exact) mass is 708 g/mol. The molecule has 0 aliphatic rings. The van der Waals surface area contributed by atoms with Crippen LogP contribution in [0.15, 0.2) is 0 Å². The molecule has 1 atom stereocenters. The van der Waals surface area contributed by atoms with Crippen LogP contribution in [0.5, 0.6) is 0 Å². The molecule has 0 rings (SSSR count). The Balaban J connectivity index is 3.64. The lowest BCUT2D eigenvalue weighted by Crippen LogP contribution is -2.18. The van der Waals surface area contributed by atoms with Gasteiger partial charge in [0.25, 0.3) is 0 Å². The quantitative estimate of drug-likeness (QED) is 0.0506. The van der Waals surface area contributed by atoms with Gasteiger partial charge in [0.15, 0.2) is 0 Å². The zero-order valence-electron chi connectivity index (χ0n) is 34.5. The number of unbranched alkanes of at least 4 members (excludes halogenated alkanes) is 25. The number of hydrogen-bond acceptors (Lipinski definition) is 5. The Kier molecular flexibility index (Phi) is 39.8. The summed E-state index contributed by atoms with van der Waals surface area (Å²) in [6, 6.07) is 0. The minimum atomic E-state index is -0.00404. The van der Waals surface area contributed by atoms with E-state index in [2.05, 4.69) is 26.1 Å². The minimum absolute atomic E-state index is 0.00404. The first-order chi connectivity index (χ1) is 24.5. The SMILES string of the molecule is CCCCCCCCC(C)OC(=O)CCCCCCCCCNCCCCCCCC(=O)OC(CCCCCCCC)CCCCCCCC. The van der Waals surface area contributed by atoms with E-state index in [1.54, 1.807) is 0 Å². The predicted octanol–water partition coefficient (Wildman–Crippen LogP) is 14.1. The zero-order chi connectivity index (χ0) is 36.6. The molecular formula is C45H89NO4. The highest BCUT2D eigenvalue weighted by atomic mass is 16.5. The van der Waals surface area contributed by atoms with Crippen molar-refractivity contribution in [2.24, 2.45) is 0 Å². The van der Waals surface area contributed by atoms with Gasteiger partial charge in [-0.05, 0) is 84.2 Å². The van der Waals surface area contributed by atoms with E-state index < -0.39 is 0 Å². The number of carbonyl (C=O) groups is 2. The Bertz CT molecular complexity index is 683. The van der Waals surface area contributed by atoms with Crippen molar-refractivity contribution in [3.05, 3.63) is 0 Å². The van der Waals surface area contributed by atoms with Crippen molar-refractivity contribution in [1.82, 2.24) is 5.32 Å². The fraction of sp³-hybridized carbons (Fsp3) is 0.956. The maximum Gasteiger partial charge on any atom is 0.306 e. The van der Waals surface area contributed by atoms with Crippen LogP contribution in [0.3, 0.4) is 0 Å². The molecule has 0 aromatic carbocycles. The van der Waals surface area contributed by atoms with Crippen molar-refractivity contribution in [1.29, 1.82) is 0 Å². The third-order valence-electron chi connectivity index (χ3n) is 10.3. The van der Waals surface area contributed by atoms with Gasteiger partial charge in [-0.3, -0.25) is 9.59 Å². The average Bonchev–Trinajstić information content (AvgIpc) is 3.10. The number of esters is 2. The molecule has 298 valence electrons. The van der Waals surface area contributed by atoms with Crippen LogP contribution in [0.4, 0.5) is 0 Å². The Labute approximate surface area is 313 Å². The van der Waals surface area contributed by atoms with Gasteiger partial charge in [-0.15, -0.1) is 0 Å². The van der Waals surface area contributed by atoms with Crippen LogP contribution < -0.4 is 5.32 Å². The summed E-state index contributed by atoms with van der Waals surface area (Å²) < 4.78 is 11.6. The molecule has 0 saturated carbocycles. The Morgan fingerprint density at radius 2 is 0.720 bits per heavy atom. The molecule has 0 aliphatic carbocycles. The summed E-state index contributed by atoms with van der Waals surface area (Å²) in [5.41, 5.74) is 0. The molecule has 0 aliphatic heterocycles. The molecule has 0 heterocycles. The molecular weight excluding hydrogens is 618 g/mol. The standard InChI is InChI=1S/C45H89NO4/c1-5-8-11-14-21-28-35-42(4)49-44(47)38-31-24-18-17-19-26-33-40-46-41-34-27-20-25-32-39-45(48)50-43(36-29-22-15-12-9-6-2)37-30-23-16-13-10-7-3/h42-43,46H,5-41H2,1-4H3. The van der Waals surface area contributed by atoms with E-state index in [9.17, 15) is 9.59 Å². The number of rotatable bonds is 41. The molecule has 0 aromatic heterocycles. The molecule has 0 aromatic rings. The second kappa shape index (κ2) is 40.7. The molecule has 1 unspecified atom stereocenters. The number of ether oxygens (including phenoxy) is 2. The van der Waals surface area contributed by atoms with Gasteiger partial charge >= 0.3 is 11.9 Å². The molecule has 50 heavy (non-hydrogen) atoms. The normalized spacial score (nSPS) is 12.1. The first kappa shape index (κ1) is 48.9. The first-order valence-corrected chi connectivity index (χ1v) is 22.6. The second-order valence-corrected chi connectivity index (χ2v) is 15.6. The van der Waals surface area contributed by atoms with Crippen LogP contribution in [0.25, 0.3) is 0 Å². The first-order valence-electron chi connectivity index (χ1n) is 22.6. The van der Waals surface area contributed by atoms with Crippen molar-refractivity contribution in [2.75, 3.05) is 13.1 Å². The number of hydrogen-bond donors (Lipinski definition) is 1. The Morgan fingerprint density at radius 1 is 0.400 bits per heavy atom. The van der Waals surface area contributed by atoms with Crippen molar-refractivity contribution in [3.63, 3.8) is 0 Å². The fourth-order valence-electron chi connectivity index (χ4n) is 6.94. The summed E-state index contributed by atoms with van der Waals surface area (Å²) in [6.07, 6.45) is 42.0. The lowest BCUT2D eigenvalue weighted by atomic mass is 10.0. The van der Waals surface area contributed by atoms with E-state index in [4.69, 9.17) is 9.47 Å². The third-order valence-corrected chi connectivity index (χ3v) is 10.3. The molecule has 0 bridgehead atoms. The molecule has 0 amide bonds. The maximum absolute atomic E-state index is 12.6. The van der Waals surface area contributed by atoms with Gasteiger partial charge in [-0.25, -0.2) is 0 Å². The molecule has 1 N–H and O–H groups in total. The smallest absolute Gasteiger partial charge is 0.306 e. The van der Waals surface area contributed by atoms with Gasteiger partial charge in [-0.1, -0.05) is 168 Å². The molecule has 0 radical (unpaired) electrons. The fourth-order valence-corrected chi connectivity index (χ4v) is 6.94. The highest BCUT2D eigenvalue weighted by molar-refractivity contribution is 5.69. The molecule has 0 fully saturated rings. The Hall–Kier alpha value is -1.10. The molecule has 5 heteroatoms. The van der Waals surface area contributed by atoms with E-state index in [1.165, 1.54) is 167 Å². The molecule has 0 spiro atoms. The van der Waals surface area contributed by atoms with E-state index in [0.717, 1.165) is 58.0 Å². The van der Waals surface area contributed by atoms with Gasteiger partial charge in [0.2, 0.25) is 0 Å². The maximum atomic E-state index is 12.6. The largest absolute Gasteiger partial charge is 0.463 e. The van der Waals surface area contributed by atoms with Crippen LogP contribution in [0, 0.1) is 0 Å². The van der Waals surface area contributed by atoms with Crippen molar-refractivity contribution in [2.45, 2.75) is 265 Å². The van der Waals surface area contributed by atoms with E-state index in [1.807, 2.05) is 6.92 Å². The van der Waals surface area contributed by atoms with E-state index in [0.29, 0.717) is 12.8 Å². The lowest BCUT2D eigenvalue weighted by Gasteiger charge is -2.18. The van der Waals surface area contributed by atoms with Crippen molar-refractivity contribution >= 4 is 11.9 Å². The summed E-state index contributed by atoms with van der Waals surface area (Å²) >= 11 is 0. The second-order valence-electron chi connectivity index (χ2n) is 15.6. The highest BCUT2D eigenvalue weighted by Crippen LogP contribution is 2.18. The molecule has 5 nitrogen and oxygen atoms in total. The van der Waals surface area contributed by atoms with Gasteiger partial charge in [0, 0.05) is 12.8 Å². The van der Waals surface area contributed by atoms with E-state index in [-0.39, 0.29) is 24.1 Å². The van der Waals surface area contributed by atoms with Crippen molar-refractivity contribution in [3.8, 4) is 0 Å². The lowest BCUT2D eigenvalue weighted by molar-refractivity contribution is -0.150. The Morgan fingerprint density at radius 3 is 1.14 bits per heavy atom.